The molecule has 1 amide bonds. The van der Waals surface area contributed by atoms with Gasteiger partial charge in [0.1, 0.15) is 16.5 Å². The lowest BCUT2D eigenvalue weighted by atomic mass is 9.95. The molecule has 174 valence electrons. The molecule has 9 heteroatoms. The molecule has 2 heterocycles. The number of thiazole rings is 1. The van der Waals surface area contributed by atoms with Crippen LogP contribution in [0.25, 0.3) is 5.76 Å². The zero-order valence-electron chi connectivity index (χ0n) is 18.7. The fraction of sp³-hybridized carbons (Fsp3) is 0.200. The van der Waals surface area contributed by atoms with Gasteiger partial charge in [0.25, 0.3) is 5.78 Å². The summed E-state index contributed by atoms with van der Waals surface area (Å²) < 4.78 is 18.7. The Morgan fingerprint density at radius 2 is 1.76 bits per heavy atom. The van der Waals surface area contributed by atoms with Gasteiger partial charge in [-0.1, -0.05) is 53.3 Å². The highest BCUT2D eigenvalue weighted by Gasteiger charge is 2.48. The van der Waals surface area contributed by atoms with Crippen molar-refractivity contribution < 1.29 is 28.6 Å². The van der Waals surface area contributed by atoms with Crippen LogP contribution >= 0.6 is 11.3 Å². The summed E-state index contributed by atoms with van der Waals surface area (Å²) in [5, 5.41) is 11.2. The van der Waals surface area contributed by atoms with Crippen molar-refractivity contribution in [2.75, 3.05) is 11.5 Å². The molecule has 1 aliphatic heterocycles. The minimum absolute atomic E-state index is 0.0972. The van der Waals surface area contributed by atoms with Crippen molar-refractivity contribution in [1.29, 1.82) is 0 Å². The number of carbonyl (C=O) groups excluding carboxylic acids is 3. The summed E-state index contributed by atoms with van der Waals surface area (Å²) in [4.78, 5) is 44.3. The first-order chi connectivity index (χ1) is 16.2. The number of halogens is 1. The van der Waals surface area contributed by atoms with E-state index in [1.807, 2.05) is 6.92 Å². The van der Waals surface area contributed by atoms with E-state index in [9.17, 15) is 23.9 Å². The van der Waals surface area contributed by atoms with E-state index in [1.165, 1.54) is 24.3 Å². The number of rotatable bonds is 5. The van der Waals surface area contributed by atoms with Crippen LogP contribution in [0.15, 0.2) is 54.1 Å². The van der Waals surface area contributed by atoms with Gasteiger partial charge >= 0.3 is 11.9 Å². The molecule has 1 aromatic heterocycles. The van der Waals surface area contributed by atoms with E-state index in [1.54, 1.807) is 38.1 Å². The van der Waals surface area contributed by atoms with Gasteiger partial charge in [-0.15, -0.1) is 0 Å². The van der Waals surface area contributed by atoms with Crippen molar-refractivity contribution in [2.24, 2.45) is 0 Å². The number of aliphatic hydroxyl groups excluding tert-OH is 1. The van der Waals surface area contributed by atoms with Gasteiger partial charge in [0, 0.05) is 5.56 Å². The third kappa shape index (κ3) is 4.10. The van der Waals surface area contributed by atoms with Gasteiger partial charge in [-0.3, -0.25) is 14.5 Å². The number of anilines is 1. The quantitative estimate of drug-likeness (QED) is 0.246. The van der Waals surface area contributed by atoms with E-state index in [0.717, 1.165) is 21.8 Å². The average molecular weight is 481 g/mol. The van der Waals surface area contributed by atoms with Gasteiger partial charge in [-0.05, 0) is 38.5 Å². The minimum Gasteiger partial charge on any atom is -0.507 e. The molecule has 0 radical (unpaired) electrons. The van der Waals surface area contributed by atoms with Gasteiger partial charge in [0.2, 0.25) is 0 Å². The molecule has 0 bridgehead atoms. The van der Waals surface area contributed by atoms with Crippen LogP contribution in [-0.4, -0.2) is 34.4 Å². The van der Waals surface area contributed by atoms with Crippen molar-refractivity contribution in [2.45, 2.75) is 26.8 Å². The van der Waals surface area contributed by atoms with Gasteiger partial charge in [0.05, 0.1) is 23.9 Å². The SMILES string of the molecule is CCOC(=O)c1sc(N2C(=O)C(=O)/C(=C(/O)c3ccc(C)cc3)[C@@H]2c2ccc(F)cc2)nc1C. The number of aryl methyl sites for hydroxylation is 2. The van der Waals surface area contributed by atoms with Crippen LogP contribution in [0, 0.1) is 19.7 Å². The molecule has 3 aromatic rings. The Kier molecular flexibility index (Phi) is 6.30. The predicted octanol–water partition coefficient (Wildman–Crippen LogP) is 4.70. The van der Waals surface area contributed by atoms with E-state index >= 15 is 0 Å². The number of aliphatic hydroxyl groups is 1. The van der Waals surface area contributed by atoms with Crippen molar-refractivity contribution in [3.63, 3.8) is 0 Å². The fourth-order valence-electron chi connectivity index (χ4n) is 3.73. The second kappa shape index (κ2) is 9.18. The molecule has 1 saturated heterocycles. The summed E-state index contributed by atoms with van der Waals surface area (Å²) in [6.07, 6.45) is 0. The summed E-state index contributed by atoms with van der Waals surface area (Å²) in [5.41, 5.74) is 1.91. The van der Waals surface area contributed by atoms with E-state index in [4.69, 9.17) is 4.74 Å². The molecule has 1 N–H and O–H groups in total. The Morgan fingerprint density at radius 3 is 2.38 bits per heavy atom. The maximum absolute atomic E-state index is 13.7. The molecule has 1 atom stereocenters. The van der Waals surface area contributed by atoms with Crippen LogP contribution in [0.4, 0.5) is 9.52 Å². The number of hydrogen-bond acceptors (Lipinski definition) is 7. The lowest BCUT2D eigenvalue weighted by Gasteiger charge is -2.23. The Bertz CT molecular complexity index is 1310. The Morgan fingerprint density at radius 1 is 1.12 bits per heavy atom. The van der Waals surface area contributed by atoms with Crippen molar-refractivity contribution >= 4 is 39.9 Å². The molecule has 2 aromatic carbocycles. The fourth-order valence-corrected chi connectivity index (χ4v) is 4.72. The van der Waals surface area contributed by atoms with Crippen molar-refractivity contribution in [1.82, 2.24) is 4.98 Å². The first kappa shape index (κ1) is 23.3. The molecule has 1 fully saturated rings. The number of Topliss-reactive ketones (excluding diaryl/α,β-unsaturated/α-hetero) is 1. The van der Waals surface area contributed by atoms with E-state index < -0.39 is 29.5 Å². The molecule has 1 aliphatic rings. The van der Waals surface area contributed by atoms with Crippen LogP contribution in [-0.2, 0) is 14.3 Å². The normalized spacial score (nSPS) is 17.3. The number of ether oxygens (including phenoxy) is 1. The monoisotopic (exact) mass is 480 g/mol. The molecular weight excluding hydrogens is 459 g/mol. The Hall–Kier alpha value is -3.85. The van der Waals surface area contributed by atoms with Gasteiger partial charge in [0.15, 0.2) is 5.13 Å². The molecule has 0 saturated carbocycles. The second-order valence-electron chi connectivity index (χ2n) is 7.72. The molecule has 0 unspecified atom stereocenters. The smallest absolute Gasteiger partial charge is 0.350 e. The molecule has 0 spiro atoms. The zero-order chi connectivity index (χ0) is 24.6. The summed E-state index contributed by atoms with van der Waals surface area (Å²) in [6.45, 7) is 5.32. The van der Waals surface area contributed by atoms with Gasteiger partial charge in [-0.2, -0.15) is 0 Å². The molecule has 4 rings (SSSR count). The van der Waals surface area contributed by atoms with Crippen LogP contribution in [0.1, 0.15) is 45.0 Å². The van der Waals surface area contributed by atoms with Crippen LogP contribution in [0.3, 0.4) is 0 Å². The number of carbonyl (C=O) groups is 3. The third-order valence-corrected chi connectivity index (χ3v) is 6.54. The van der Waals surface area contributed by atoms with Crippen molar-refractivity contribution in [3.05, 3.63) is 87.2 Å². The third-order valence-electron chi connectivity index (χ3n) is 5.41. The zero-order valence-corrected chi connectivity index (χ0v) is 19.5. The molecule has 34 heavy (non-hydrogen) atoms. The van der Waals surface area contributed by atoms with Gasteiger partial charge < -0.3 is 9.84 Å². The van der Waals surface area contributed by atoms with Crippen molar-refractivity contribution in [3.8, 4) is 0 Å². The summed E-state index contributed by atoms with van der Waals surface area (Å²) >= 11 is 0.913. The minimum atomic E-state index is -1.07. The average Bonchev–Trinajstić information content (AvgIpc) is 3.31. The Labute approximate surface area is 199 Å². The molecule has 0 aliphatic carbocycles. The maximum atomic E-state index is 13.7. The second-order valence-corrected chi connectivity index (χ2v) is 8.70. The number of ketones is 1. The van der Waals surface area contributed by atoms with Crippen LogP contribution in [0.5, 0.6) is 0 Å². The summed E-state index contributed by atoms with van der Waals surface area (Å²) in [7, 11) is 0. The van der Waals surface area contributed by atoms with E-state index in [2.05, 4.69) is 4.98 Å². The summed E-state index contributed by atoms with van der Waals surface area (Å²) in [5.74, 6) is -3.24. The highest BCUT2D eigenvalue weighted by molar-refractivity contribution is 7.17. The Balaban J connectivity index is 1.90. The standard InChI is InChI=1S/C25H21FN2O5S/c1-4-33-24(32)22-14(3)27-25(34-22)28-19(15-9-11-17(26)12-10-15)18(21(30)23(28)31)20(29)16-7-5-13(2)6-8-16/h5-12,19,29H,4H2,1-3H3/b20-18+/t19-/m0/s1. The molecule has 7 nitrogen and oxygen atoms in total. The topological polar surface area (TPSA) is 96.8 Å². The highest BCUT2D eigenvalue weighted by atomic mass is 32.1. The first-order valence-electron chi connectivity index (χ1n) is 10.5. The number of hydrogen-bond donors (Lipinski definition) is 1. The maximum Gasteiger partial charge on any atom is 0.350 e. The number of amides is 1. The molecular formula is C25H21FN2O5S. The number of benzene rings is 2. The van der Waals surface area contributed by atoms with Crippen LogP contribution < -0.4 is 4.90 Å². The van der Waals surface area contributed by atoms with E-state index in [0.29, 0.717) is 16.8 Å². The van der Waals surface area contributed by atoms with E-state index in [-0.39, 0.29) is 27.9 Å². The summed E-state index contributed by atoms with van der Waals surface area (Å²) in [6, 6.07) is 11.1. The van der Waals surface area contributed by atoms with Gasteiger partial charge in [-0.25, -0.2) is 14.2 Å². The van der Waals surface area contributed by atoms with Crippen LogP contribution in [0.2, 0.25) is 0 Å². The number of nitrogens with zero attached hydrogens (tertiary/aromatic N) is 2. The number of aromatic nitrogens is 1. The highest BCUT2D eigenvalue weighted by Crippen LogP contribution is 2.44. The lowest BCUT2D eigenvalue weighted by molar-refractivity contribution is -0.132. The largest absolute Gasteiger partial charge is 0.507 e. The number of esters is 1. The first-order valence-corrected chi connectivity index (χ1v) is 11.3. The lowest BCUT2D eigenvalue weighted by Crippen LogP contribution is -2.29. The predicted molar refractivity (Wildman–Crippen MR) is 125 cm³/mol.